The fourth-order valence-electron chi connectivity index (χ4n) is 3.04. The number of hydrogen-bond donors (Lipinski definition) is 0. The summed E-state index contributed by atoms with van der Waals surface area (Å²) < 4.78 is 0. The Labute approximate surface area is 125 Å². The molecule has 116 valence electrons. The predicted molar refractivity (Wildman–Crippen MR) is 85.4 cm³/mol. The van der Waals surface area contributed by atoms with Crippen LogP contribution in [-0.2, 0) is 4.79 Å². The highest BCUT2D eigenvalue weighted by molar-refractivity contribution is 5.95. The fourth-order valence-corrected chi connectivity index (χ4v) is 3.04. The van der Waals surface area contributed by atoms with Crippen molar-refractivity contribution in [2.24, 2.45) is 10.8 Å². The van der Waals surface area contributed by atoms with E-state index in [2.05, 4.69) is 60.4 Å². The number of carbonyl (C=O) groups is 1. The highest BCUT2D eigenvalue weighted by Gasteiger charge is 2.38. The van der Waals surface area contributed by atoms with Crippen molar-refractivity contribution in [3.05, 3.63) is 11.3 Å². The SMILES string of the molecule is CCCN1CCN(C)C(C(C)(C)C)=C(C(C)(C)C)C1=O. The molecule has 0 aliphatic carbocycles. The minimum atomic E-state index is -0.135. The van der Waals surface area contributed by atoms with Gasteiger partial charge in [0.05, 0.1) is 0 Å². The van der Waals surface area contributed by atoms with Gasteiger partial charge in [-0.2, -0.15) is 0 Å². The average molecular weight is 280 g/mol. The maximum atomic E-state index is 13.0. The molecule has 1 amide bonds. The summed E-state index contributed by atoms with van der Waals surface area (Å²) in [6, 6.07) is 0. The molecule has 0 fully saturated rings. The monoisotopic (exact) mass is 280 g/mol. The van der Waals surface area contributed by atoms with Gasteiger partial charge < -0.3 is 9.80 Å². The van der Waals surface area contributed by atoms with Crippen molar-refractivity contribution >= 4 is 5.91 Å². The van der Waals surface area contributed by atoms with Crippen LogP contribution < -0.4 is 0 Å². The smallest absolute Gasteiger partial charge is 0.252 e. The summed E-state index contributed by atoms with van der Waals surface area (Å²) in [6.07, 6.45) is 1.01. The second kappa shape index (κ2) is 5.79. The van der Waals surface area contributed by atoms with Crippen molar-refractivity contribution in [3.8, 4) is 0 Å². The van der Waals surface area contributed by atoms with Crippen LogP contribution in [0.4, 0.5) is 0 Å². The van der Waals surface area contributed by atoms with Gasteiger partial charge in [-0.1, -0.05) is 48.5 Å². The van der Waals surface area contributed by atoms with Gasteiger partial charge >= 0.3 is 0 Å². The first kappa shape index (κ1) is 17.1. The van der Waals surface area contributed by atoms with E-state index in [0.717, 1.165) is 31.6 Å². The molecule has 0 radical (unpaired) electrons. The van der Waals surface area contributed by atoms with Crippen molar-refractivity contribution in [2.45, 2.75) is 54.9 Å². The maximum absolute atomic E-state index is 13.0. The molecule has 0 unspecified atom stereocenters. The predicted octanol–water partition coefficient (Wildman–Crippen LogP) is 3.52. The molecule has 1 aliphatic heterocycles. The van der Waals surface area contributed by atoms with Crippen molar-refractivity contribution < 1.29 is 4.79 Å². The molecular formula is C17H32N2O. The summed E-state index contributed by atoms with van der Waals surface area (Å²) >= 11 is 0. The van der Waals surface area contributed by atoms with Crippen LogP contribution in [0, 0.1) is 10.8 Å². The van der Waals surface area contributed by atoms with Crippen LogP contribution >= 0.6 is 0 Å². The second-order valence-electron chi connectivity index (χ2n) is 7.94. The second-order valence-corrected chi connectivity index (χ2v) is 7.94. The topological polar surface area (TPSA) is 23.6 Å². The van der Waals surface area contributed by atoms with Crippen molar-refractivity contribution in [3.63, 3.8) is 0 Å². The minimum Gasteiger partial charge on any atom is -0.375 e. The number of rotatable bonds is 2. The summed E-state index contributed by atoms with van der Waals surface area (Å²) in [7, 11) is 2.12. The molecule has 0 atom stereocenters. The Balaban J connectivity index is 3.46. The molecule has 0 bridgehead atoms. The summed E-state index contributed by atoms with van der Waals surface area (Å²) in [5.74, 6) is 0.230. The van der Waals surface area contributed by atoms with Crippen LogP contribution in [0.1, 0.15) is 54.9 Å². The minimum absolute atomic E-state index is 0.0186. The van der Waals surface area contributed by atoms with Crippen molar-refractivity contribution in [1.82, 2.24) is 9.80 Å². The maximum Gasteiger partial charge on any atom is 0.252 e. The Morgan fingerprint density at radius 3 is 1.95 bits per heavy atom. The van der Waals surface area contributed by atoms with E-state index in [1.807, 2.05) is 4.90 Å². The molecule has 0 aromatic carbocycles. The molecule has 20 heavy (non-hydrogen) atoms. The first-order chi connectivity index (χ1) is 9.00. The Bertz CT molecular complexity index is 396. The number of carbonyl (C=O) groups excluding carboxylic acids is 1. The van der Waals surface area contributed by atoms with E-state index in [1.54, 1.807) is 0 Å². The number of hydrogen-bond acceptors (Lipinski definition) is 2. The van der Waals surface area contributed by atoms with Gasteiger partial charge in [-0.05, 0) is 11.8 Å². The van der Waals surface area contributed by atoms with Gasteiger partial charge in [0, 0.05) is 43.4 Å². The van der Waals surface area contributed by atoms with Crippen LogP contribution in [0.5, 0.6) is 0 Å². The van der Waals surface area contributed by atoms with Gasteiger partial charge in [-0.3, -0.25) is 4.79 Å². The van der Waals surface area contributed by atoms with Gasteiger partial charge in [0.1, 0.15) is 0 Å². The lowest BCUT2D eigenvalue weighted by atomic mass is 9.77. The largest absolute Gasteiger partial charge is 0.375 e. The van der Waals surface area contributed by atoms with Crippen LogP contribution in [0.25, 0.3) is 0 Å². The van der Waals surface area contributed by atoms with Crippen LogP contribution in [0.15, 0.2) is 11.3 Å². The van der Waals surface area contributed by atoms with E-state index in [0.29, 0.717) is 0 Å². The van der Waals surface area contributed by atoms with E-state index in [4.69, 9.17) is 0 Å². The summed E-state index contributed by atoms with van der Waals surface area (Å²) in [4.78, 5) is 17.3. The number of nitrogens with zero attached hydrogens (tertiary/aromatic N) is 2. The quantitative estimate of drug-likeness (QED) is 0.772. The molecule has 0 saturated heterocycles. The van der Waals surface area contributed by atoms with E-state index < -0.39 is 0 Å². The molecule has 0 spiro atoms. The highest BCUT2D eigenvalue weighted by atomic mass is 16.2. The molecule has 3 heteroatoms. The van der Waals surface area contributed by atoms with Crippen molar-refractivity contribution in [1.29, 1.82) is 0 Å². The molecular weight excluding hydrogens is 248 g/mol. The molecule has 1 heterocycles. The van der Waals surface area contributed by atoms with E-state index in [9.17, 15) is 4.79 Å². The third-order valence-corrected chi connectivity index (χ3v) is 3.78. The van der Waals surface area contributed by atoms with E-state index in [-0.39, 0.29) is 16.7 Å². The molecule has 0 saturated carbocycles. The third-order valence-electron chi connectivity index (χ3n) is 3.78. The Morgan fingerprint density at radius 1 is 1.00 bits per heavy atom. The molecule has 0 N–H and O–H groups in total. The zero-order valence-electron chi connectivity index (χ0n) is 14.6. The van der Waals surface area contributed by atoms with Gasteiger partial charge in [0.25, 0.3) is 5.91 Å². The zero-order valence-corrected chi connectivity index (χ0v) is 14.6. The normalized spacial score (nSPS) is 18.7. The van der Waals surface area contributed by atoms with E-state index in [1.165, 1.54) is 5.70 Å². The number of allylic oxidation sites excluding steroid dienone is 1. The summed E-state index contributed by atoms with van der Waals surface area (Å²) in [5, 5.41) is 0. The zero-order chi connectivity index (χ0) is 15.7. The van der Waals surface area contributed by atoms with Crippen LogP contribution in [-0.4, -0.2) is 42.4 Å². The van der Waals surface area contributed by atoms with Gasteiger partial charge in [-0.25, -0.2) is 0 Å². The van der Waals surface area contributed by atoms with E-state index >= 15 is 0 Å². The number of likely N-dealkylation sites (N-methyl/N-ethyl adjacent to an activating group) is 1. The number of amides is 1. The summed E-state index contributed by atoms with van der Waals surface area (Å²) in [5.41, 5.74) is 2.03. The lowest BCUT2D eigenvalue weighted by molar-refractivity contribution is -0.128. The lowest BCUT2D eigenvalue weighted by Gasteiger charge is -2.36. The van der Waals surface area contributed by atoms with Gasteiger partial charge in [-0.15, -0.1) is 0 Å². The molecule has 3 nitrogen and oxygen atoms in total. The lowest BCUT2D eigenvalue weighted by Crippen LogP contribution is -2.37. The van der Waals surface area contributed by atoms with Gasteiger partial charge in [0.15, 0.2) is 0 Å². The molecule has 0 aromatic heterocycles. The average Bonchev–Trinajstić information content (AvgIpc) is 2.38. The standard InChI is InChI=1S/C17H32N2O/c1-9-10-19-12-11-18(8)14(17(5,6)7)13(15(19)20)16(2,3)4/h9-12H2,1-8H3. The Morgan fingerprint density at radius 2 is 1.55 bits per heavy atom. The van der Waals surface area contributed by atoms with Crippen LogP contribution in [0.3, 0.4) is 0 Å². The summed E-state index contributed by atoms with van der Waals surface area (Å²) in [6.45, 7) is 17.8. The first-order valence-electron chi connectivity index (χ1n) is 7.75. The van der Waals surface area contributed by atoms with Gasteiger partial charge in [0.2, 0.25) is 0 Å². The fraction of sp³-hybridized carbons (Fsp3) is 0.824. The Hall–Kier alpha value is -0.990. The molecule has 1 rings (SSSR count). The highest BCUT2D eigenvalue weighted by Crippen LogP contribution is 2.40. The first-order valence-corrected chi connectivity index (χ1v) is 7.75. The molecule has 1 aliphatic rings. The Kier molecular flexibility index (Phi) is 4.94. The third kappa shape index (κ3) is 3.56. The van der Waals surface area contributed by atoms with Crippen molar-refractivity contribution in [2.75, 3.05) is 26.7 Å². The molecule has 0 aromatic rings. The van der Waals surface area contributed by atoms with Crippen LogP contribution in [0.2, 0.25) is 0 Å².